The third kappa shape index (κ3) is 2.84. The molecular weight excluding hydrogens is 304 g/mol. The third-order valence-corrected chi connectivity index (χ3v) is 4.01. The summed E-state index contributed by atoms with van der Waals surface area (Å²) in [7, 11) is 0. The van der Waals surface area contributed by atoms with Crippen molar-refractivity contribution < 1.29 is 17.1 Å². The Kier molecular flexibility index (Phi) is 4.41. The molecule has 0 atom stereocenters. The first-order valence-corrected chi connectivity index (χ1v) is 7.34. The quantitative estimate of drug-likeness (QED) is 0.730. The maximum Gasteiger partial charge on any atom is 0.418 e. The Morgan fingerprint density at radius 2 is 1.90 bits per heavy atom. The molecule has 0 saturated carbocycles. The van der Waals surface area contributed by atoms with Gasteiger partial charge in [0.05, 0.1) is 29.1 Å². The van der Waals surface area contributed by atoms with E-state index in [4.69, 9.17) is 0 Å². The van der Waals surface area contributed by atoms with Gasteiger partial charge in [0, 0.05) is 10.9 Å². The van der Waals surface area contributed by atoms with Crippen molar-refractivity contribution in [2.24, 2.45) is 0 Å². The summed E-state index contributed by atoms with van der Waals surface area (Å²) in [5, 5.41) is 2.84. The first kappa shape index (κ1) is 16.0. The smallest absolute Gasteiger partial charge is 0.340 e. The molecule has 1 aliphatic rings. The van der Waals surface area contributed by atoms with Crippen molar-refractivity contribution in [3.8, 4) is 0 Å². The summed E-state index contributed by atoms with van der Waals surface area (Å²) in [5.41, 5.74) is -0.543. The summed E-state index contributed by atoms with van der Waals surface area (Å²) in [5.74, 6) is 0.394. The van der Waals surface area contributed by atoms with Crippen molar-refractivity contribution in [2.45, 2.75) is 43.8 Å². The van der Waals surface area contributed by atoms with Gasteiger partial charge in [-0.3, -0.25) is 0 Å². The monoisotopic (exact) mass is 320 g/mol. The van der Waals surface area contributed by atoms with Crippen molar-refractivity contribution in [3.05, 3.63) is 30.1 Å². The van der Waals surface area contributed by atoms with Gasteiger partial charge in [-0.25, -0.2) is 0 Å². The van der Waals surface area contributed by atoms with E-state index < -0.39 is 11.7 Å². The summed E-state index contributed by atoms with van der Waals surface area (Å²) in [6.45, 7) is 7.62. The summed E-state index contributed by atoms with van der Waals surface area (Å²) in [4.78, 5) is 1.50. The Bertz CT molecular complexity index is 553. The minimum Gasteiger partial charge on any atom is -0.340 e. The van der Waals surface area contributed by atoms with Gasteiger partial charge in [0.25, 0.3) is 0 Å². The number of benzene rings is 1. The van der Waals surface area contributed by atoms with Crippen LogP contribution in [0.25, 0.3) is 0 Å². The molecule has 0 bridgehead atoms. The highest BCUT2D eigenvalue weighted by atomic mass is 32.2. The van der Waals surface area contributed by atoms with Crippen LogP contribution >= 0.6 is 12.1 Å². The largest absolute Gasteiger partial charge is 0.418 e. The van der Waals surface area contributed by atoms with Gasteiger partial charge in [-0.15, -0.1) is 0 Å². The van der Waals surface area contributed by atoms with Crippen molar-refractivity contribution >= 4 is 23.5 Å². The van der Waals surface area contributed by atoms with Gasteiger partial charge in [0.2, 0.25) is 0 Å². The Morgan fingerprint density at radius 1 is 1.29 bits per heavy atom. The highest BCUT2D eigenvalue weighted by Gasteiger charge is 2.41. The molecule has 0 aliphatic carbocycles. The normalized spacial score (nSPS) is 14.6. The van der Waals surface area contributed by atoms with Gasteiger partial charge in [-0.2, -0.15) is 17.1 Å². The molecule has 1 aromatic rings. The predicted octanol–water partition coefficient (Wildman–Crippen LogP) is 5.57. The van der Waals surface area contributed by atoms with Crippen molar-refractivity contribution in [2.75, 3.05) is 10.2 Å². The molecule has 0 fully saturated rings. The number of halogens is 4. The van der Waals surface area contributed by atoms with E-state index in [2.05, 4.69) is 11.9 Å². The number of rotatable bonds is 4. The molecule has 1 heterocycles. The molecule has 2 nitrogen and oxygen atoms in total. The Labute approximate surface area is 125 Å². The zero-order valence-corrected chi connectivity index (χ0v) is 12.5. The van der Waals surface area contributed by atoms with Crippen LogP contribution in [0.4, 0.5) is 28.4 Å². The molecule has 116 valence electrons. The number of nitrogens with one attached hydrogen (secondary N) is 1. The minimum absolute atomic E-state index is 0.0407. The van der Waals surface area contributed by atoms with Gasteiger partial charge >= 0.3 is 6.18 Å². The molecule has 1 aromatic carbocycles. The van der Waals surface area contributed by atoms with E-state index in [9.17, 15) is 17.1 Å². The van der Waals surface area contributed by atoms with E-state index in [0.29, 0.717) is 18.7 Å². The Hall–Kier alpha value is -1.37. The highest BCUT2D eigenvalue weighted by Crippen LogP contribution is 2.49. The van der Waals surface area contributed by atoms with E-state index >= 15 is 0 Å². The second-order valence-electron chi connectivity index (χ2n) is 4.85. The van der Waals surface area contributed by atoms with Crippen LogP contribution in [0, 0.1) is 0 Å². The van der Waals surface area contributed by atoms with E-state index in [-0.39, 0.29) is 34.5 Å². The molecule has 0 spiro atoms. The lowest BCUT2D eigenvalue weighted by atomic mass is 10.1. The van der Waals surface area contributed by atoms with Crippen molar-refractivity contribution in [1.29, 1.82) is 0 Å². The van der Waals surface area contributed by atoms with Crippen LogP contribution in [0.15, 0.2) is 29.4 Å². The van der Waals surface area contributed by atoms with Crippen LogP contribution < -0.4 is 10.2 Å². The fourth-order valence-electron chi connectivity index (χ4n) is 2.63. The van der Waals surface area contributed by atoms with Crippen molar-refractivity contribution in [1.82, 2.24) is 0 Å². The second-order valence-corrected chi connectivity index (χ2v) is 5.48. The van der Waals surface area contributed by atoms with Crippen LogP contribution in [0.2, 0.25) is 0 Å². The van der Waals surface area contributed by atoms with Crippen molar-refractivity contribution in [3.63, 3.8) is 0 Å². The lowest BCUT2D eigenvalue weighted by molar-refractivity contribution is -0.137. The van der Waals surface area contributed by atoms with Crippen LogP contribution in [-0.4, -0.2) is 6.04 Å². The SMILES string of the molecule is C=C1Nc2cc(SF)cc(C(F)(F)F)c2N1C(CC)CC. The zero-order chi connectivity index (χ0) is 15.8. The first-order valence-electron chi connectivity index (χ1n) is 6.62. The molecule has 2 rings (SSSR count). The summed E-state index contributed by atoms with van der Waals surface area (Å²) >= 11 is -0.201. The maximum atomic E-state index is 13.3. The molecule has 0 radical (unpaired) electrons. The van der Waals surface area contributed by atoms with Gasteiger partial charge in [-0.1, -0.05) is 20.4 Å². The second kappa shape index (κ2) is 5.79. The van der Waals surface area contributed by atoms with Crippen LogP contribution in [0.5, 0.6) is 0 Å². The molecule has 0 unspecified atom stereocenters. The molecule has 0 saturated heterocycles. The zero-order valence-electron chi connectivity index (χ0n) is 11.7. The van der Waals surface area contributed by atoms with Gasteiger partial charge in [0.1, 0.15) is 5.82 Å². The van der Waals surface area contributed by atoms with Crippen LogP contribution in [0.3, 0.4) is 0 Å². The summed E-state index contributed by atoms with van der Waals surface area (Å²) < 4.78 is 52.7. The predicted molar refractivity (Wildman–Crippen MR) is 78.0 cm³/mol. The average Bonchev–Trinajstić information content (AvgIpc) is 2.74. The molecule has 1 N–H and O–H groups in total. The fourth-order valence-corrected chi connectivity index (χ4v) is 2.96. The molecule has 1 aliphatic heterocycles. The summed E-state index contributed by atoms with van der Waals surface area (Å²) in [6.07, 6.45) is -3.17. The number of hydrogen-bond donors (Lipinski definition) is 1. The number of alkyl halides is 3. The number of fused-ring (bicyclic) bond motifs is 1. The highest BCUT2D eigenvalue weighted by molar-refractivity contribution is 7.94. The molecule has 0 aromatic heterocycles. The van der Waals surface area contributed by atoms with Gasteiger partial charge in [0.15, 0.2) is 0 Å². The van der Waals surface area contributed by atoms with Crippen LogP contribution in [-0.2, 0) is 6.18 Å². The summed E-state index contributed by atoms with van der Waals surface area (Å²) in [6, 6.07) is 2.14. The van der Waals surface area contributed by atoms with E-state index in [0.717, 1.165) is 6.07 Å². The Morgan fingerprint density at radius 3 is 2.38 bits per heavy atom. The van der Waals surface area contributed by atoms with E-state index in [1.807, 2.05) is 13.8 Å². The topological polar surface area (TPSA) is 15.3 Å². The van der Waals surface area contributed by atoms with E-state index in [1.165, 1.54) is 6.07 Å². The maximum absolute atomic E-state index is 13.3. The molecule has 21 heavy (non-hydrogen) atoms. The lowest BCUT2D eigenvalue weighted by Crippen LogP contribution is -2.33. The molecular formula is C14H16F4N2S. The van der Waals surface area contributed by atoms with Gasteiger partial charge < -0.3 is 10.2 Å². The number of hydrogen-bond acceptors (Lipinski definition) is 3. The molecule has 0 amide bonds. The minimum atomic E-state index is -4.55. The van der Waals surface area contributed by atoms with Gasteiger partial charge in [-0.05, 0) is 25.0 Å². The van der Waals surface area contributed by atoms with E-state index in [1.54, 1.807) is 4.90 Å². The fraction of sp³-hybridized carbons (Fsp3) is 0.429. The number of nitrogens with zero attached hydrogens (tertiary/aromatic N) is 1. The van der Waals surface area contributed by atoms with Crippen LogP contribution in [0.1, 0.15) is 32.3 Å². The third-order valence-electron chi connectivity index (χ3n) is 3.60. The Balaban J connectivity index is 2.64. The number of anilines is 2. The molecule has 7 heteroatoms. The standard InChI is InChI=1S/C14H16F4N2S/c1-4-9(5-2)20-8(3)19-12-7-10(21-18)6-11(13(12)20)14(15,16)17/h6-7,9,19H,3-5H2,1-2H3. The average molecular weight is 320 g/mol. The first-order chi connectivity index (χ1) is 9.83. The lowest BCUT2D eigenvalue weighted by Gasteiger charge is -2.30.